The zero-order valence-electron chi connectivity index (χ0n) is 16.2. The van der Waals surface area contributed by atoms with Gasteiger partial charge in [-0.3, -0.25) is 0 Å². The Bertz CT molecular complexity index is 1060. The number of pyridine rings is 1. The molecule has 0 aliphatic heterocycles. The van der Waals surface area contributed by atoms with Crippen LogP contribution in [0.1, 0.15) is 20.8 Å². The standard InChI is InChI=1S/C21H24N2O4S/c1-4-26-19-13-15-11-12-22-21(18(15)14-20(19)27-5-2)23-16-7-9-17(10-8-16)28(24,25)6-3/h7-14H,4-6H2,1-3H3,(H,22,23). The first-order valence-electron chi connectivity index (χ1n) is 9.26. The van der Waals surface area contributed by atoms with Crippen molar-refractivity contribution >= 4 is 32.1 Å². The molecule has 0 saturated carbocycles. The summed E-state index contributed by atoms with van der Waals surface area (Å²) in [7, 11) is -3.22. The van der Waals surface area contributed by atoms with Gasteiger partial charge in [0.05, 0.1) is 23.9 Å². The molecule has 0 saturated heterocycles. The molecule has 0 aliphatic carbocycles. The highest BCUT2D eigenvalue weighted by atomic mass is 32.2. The number of fused-ring (bicyclic) bond motifs is 1. The third kappa shape index (κ3) is 4.20. The number of nitrogens with one attached hydrogen (secondary N) is 1. The summed E-state index contributed by atoms with van der Waals surface area (Å²) in [5.41, 5.74) is 0.752. The minimum atomic E-state index is -3.22. The minimum Gasteiger partial charge on any atom is -0.490 e. The van der Waals surface area contributed by atoms with Crippen LogP contribution in [0.5, 0.6) is 11.5 Å². The quantitative estimate of drug-likeness (QED) is 0.597. The van der Waals surface area contributed by atoms with Gasteiger partial charge in [0.1, 0.15) is 5.82 Å². The Morgan fingerprint density at radius 3 is 2.18 bits per heavy atom. The van der Waals surface area contributed by atoms with Gasteiger partial charge in [-0.25, -0.2) is 13.4 Å². The monoisotopic (exact) mass is 400 g/mol. The van der Waals surface area contributed by atoms with Crippen molar-refractivity contribution in [3.8, 4) is 11.5 Å². The van der Waals surface area contributed by atoms with Gasteiger partial charge in [0.25, 0.3) is 0 Å². The van der Waals surface area contributed by atoms with Gasteiger partial charge in [-0.15, -0.1) is 0 Å². The summed E-state index contributed by atoms with van der Waals surface area (Å²) in [6, 6.07) is 12.4. The Hall–Kier alpha value is -2.80. The Balaban J connectivity index is 1.98. The summed E-state index contributed by atoms with van der Waals surface area (Å²) in [5, 5.41) is 5.12. The van der Waals surface area contributed by atoms with Gasteiger partial charge >= 0.3 is 0 Å². The fraction of sp³-hybridized carbons (Fsp3) is 0.286. The highest BCUT2D eigenvalue weighted by Gasteiger charge is 2.13. The molecule has 0 spiro atoms. The first-order valence-corrected chi connectivity index (χ1v) is 10.9. The predicted octanol–water partition coefficient (Wildman–Crippen LogP) is 4.57. The van der Waals surface area contributed by atoms with E-state index in [1.807, 2.05) is 32.0 Å². The molecule has 0 atom stereocenters. The van der Waals surface area contributed by atoms with Crippen molar-refractivity contribution in [3.05, 3.63) is 48.7 Å². The summed E-state index contributed by atoms with van der Waals surface area (Å²) in [6.07, 6.45) is 1.72. The van der Waals surface area contributed by atoms with Gasteiger partial charge in [-0.1, -0.05) is 6.92 Å². The lowest BCUT2D eigenvalue weighted by Gasteiger charge is -2.14. The van der Waals surface area contributed by atoms with E-state index in [0.29, 0.717) is 35.4 Å². The fourth-order valence-corrected chi connectivity index (χ4v) is 3.75. The second kappa shape index (κ2) is 8.48. The lowest BCUT2D eigenvalue weighted by atomic mass is 10.1. The van der Waals surface area contributed by atoms with Crippen molar-refractivity contribution in [2.45, 2.75) is 25.7 Å². The number of anilines is 2. The van der Waals surface area contributed by atoms with Crippen LogP contribution in [0, 0.1) is 0 Å². The molecule has 1 aromatic heterocycles. The van der Waals surface area contributed by atoms with Crippen LogP contribution >= 0.6 is 0 Å². The number of rotatable bonds is 8. The fourth-order valence-electron chi connectivity index (χ4n) is 2.87. The van der Waals surface area contributed by atoms with E-state index in [-0.39, 0.29) is 5.75 Å². The molecule has 3 rings (SSSR count). The number of ether oxygens (including phenoxy) is 2. The van der Waals surface area contributed by atoms with Gasteiger partial charge in [0.15, 0.2) is 21.3 Å². The SMILES string of the molecule is CCOc1cc2ccnc(Nc3ccc(S(=O)(=O)CC)cc3)c2cc1OCC. The van der Waals surface area contributed by atoms with E-state index in [2.05, 4.69) is 10.3 Å². The molecular formula is C21H24N2O4S. The van der Waals surface area contributed by atoms with E-state index >= 15 is 0 Å². The molecule has 2 aromatic carbocycles. The molecule has 0 bridgehead atoms. The summed E-state index contributed by atoms with van der Waals surface area (Å²) in [6.45, 7) is 6.57. The number of benzene rings is 2. The Morgan fingerprint density at radius 2 is 1.57 bits per heavy atom. The molecular weight excluding hydrogens is 376 g/mol. The largest absolute Gasteiger partial charge is 0.490 e. The van der Waals surface area contributed by atoms with Crippen LogP contribution < -0.4 is 14.8 Å². The number of aromatic nitrogens is 1. The number of nitrogens with zero attached hydrogens (tertiary/aromatic N) is 1. The van der Waals surface area contributed by atoms with Crippen LogP contribution in [0.2, 0.25) is 0 Å². The van der Waals surface area contributed by atoms with Gasteiger partial charge in [0.2, 0.25) is 0 Å². The van der Waals surface area contributed by atoms with Crippen molar-refractivity contribution in [1.82, 2.24) is 4.98 Å². The second-order valence-electron chi connectivity index (χ2n) is 6.10. The summed E-state index contributed by atoms with van der Waals surface area (Å²) in [4.78, 5) is 4.75. The third-order valence-corrected chi connectivity index (χ3v) is 6.04. The average Bonchev–Trinajstić information content (AvgIpc) is 2.70. The van der Waals surface area contributed by atoms with Crippen LogP contribution in [-0.4, -0.2) is 32.4 Å². The van der Waals surface area contributed by atoms with Gasteiger partial charge in [-0.2, -0.15) is 0 Å². The third-order valence-electron chi connectivity index (χ3n) is 4.28. The van der Waals surface area contributed by atoms with E-state index in [1.54, 1.807) is 37.4 Å². The van der Waals surface area contributed by atoms with Crippen LogP contribution in [0.4, 0.5) is 11.5 Å². The molecule has 148 valence electrons. The van der Waals surface area contributed by atoms with Crippen molar-refractivity contribution in [2.75, 3.05) is 24.3 Å². The van der Waals surface area contributed by atoms with Gasteiger partial charge in [-0.05, 0) is 61.7 Å². The smallest absolute Gasteiger partial charge is 0.178 e. The first kappa shape index (κ1) is 19.9. The molecule has 3 aromatic rings. The van der Waals surface area contributed by atoms with Gasteiger partial charge in [0, 0.05) is 17.3 Å². The number of hydrogen-bond acceptors (Lipinski definition) is 6. The van der Waals surface area contributed by atoms with Crippen molar-refractivity contribution in [1.29, 1.82) is 0 Å². The molecule has 0 aliphatic rings. The van der Waals surface area contributed by atoms with Gasteiger partial charge < -0.3 is 14.8 Å². The summed E-state index contributed by atoms with van der Waals surface area (Å²) >= 11 is 0. The molecule has 0 radical (unpaired) electrons. The van der Waals surface area contributed by atoms with Crippen molar-refractivity contribution in [2.24, 2.45) is 0 Å². The second-order valence-corrected chi connectivity index (χ2v) is 8.38. The molecule has 0 unspecified atom stereocenters. The maximum Gasteiger partial charge on any atom is 0.178 e. The van der Waals surface area contributed by atoms with Crippen LogP contribution in [0.3, 0.4) is 0 Å². The molecule has 0 amide bonds. The molecule has 7 heteroatoms. The predicted molar refractivity (Wildman–Crippen MR) is 112 cm³/mol. The molecule has 1 N–H and O–H groups in total. The van der Waals surface area contributed by atoms with Crippen molar-refractivity contribution in [3.63, 3.8) is 0 Å². The summed E-state index contributed by atoms with van der Waals surface area (Å²) < 4.78 is 35.4. The molecule has 0 fully saturated rings. The van der Waals surface area contributed by atoms with Crippen molar-refractivity contribution < 1.29 is 17.9 Å². The van der Waals surface area contributed by atoms with E-state index in [4.69, 9.17) is 9.47 Å². The van der Waals surface area contributed by atoms with Crippen LogP contribution in [-0.2, 0) is 9.84 Å². The number of hydrogen-bond donors (Lipinski definition) is 1. The zero-order valence-corrected chi connectivity index (χ0v) is 17.0. The van der Waals surface area contributed by atoms with E-state index in [0.717, 1.165) is 16.5 Å². The Labute approximate surface area is 165 Å². The number of sulfone groups is 1. The Kier molecular flexibility index (Phi) is 6.04. The van der Waals surface area contributed by atoms with E-state index in [1.165, 1.54) is 0 Å². The molecule has 6 nitrogen and oxygen atoms in total. The van der Waals surface area contributed by atoms with E-state index in [9.17, 15) is 8.42 Å². The minimum absolute atomic E-state index is 0.0764. The van der Waals surface area contributed by atoms with Crippen LogP contribution in [0.25, 0.3) is 10.8 Å². The normalized spacial score (nSPS) is 11.4. The first-order chi connectivity index (χ1) is 13.5. The van der Waals surface area contributed by atoms with Crippen LogP contribution in [0.15, 0.2) is 53.6 Å². The van der Waals surface area contributed by atoms with E-state index < -0.39 is 9.84 Å². The topological polar surface area (TPSA) is 77.5 Å². The lowest BCUT2D eigenvalue weighted by Crippen LogP contribution is -2.03. The highest BCUT2D eigenvalue weighted by molar-refractivity contribution is 7.91. The molecule has 1 heterocycles. The summed E-state index contributed by atoms with van der Waals surface area (Å²) in [5.74, 6) is 2.10. The Morgan fingerprint density at radius 1 is 0.929 bits per heavy atom. The maximum atomic E-state index is 12.0. The zero-order chi connectivity index (χ0) is 20.1. The highest BCUT2D eigenvalue weighted by Crippen LogP contribution is 2.36. The average molecular weight is 401 g/mol. The maximum absolute atomic E-state index is 12.0. The lowest BCUT2D eigenvalue weighted by molar-refractivity contribution is 0.288. The molecule has 28 heavy (non-hydrogen) atoms.